The van der Waals surface area contributed by atoms with Crippen LogP contribution < -0.4 is 10.5 Å². The first-order valence-corrected chi connectivity index (χ1v) is 8.00. The number of nitrogens with two attached hydrogens (primary N) is 1. The minimum absolute atomic E-state index is 0.00126. The summed E-state index contributed by atoms with van der Waals surface area (Å²) in [6.45, 7) is 0. The van der Waals surface area contributed by atoms with Crippen molar-refractivity contribution in [2.24, 2.45) is 5.73 Å². The molecule has 0 saturated heterocycles. The lowest BCUT2D eigenvalue weighted by Crippen LogP contribution is -2.14. The number of rotatable bonds is 5. The Labute approximate surface area is 153 Å². The van der Waals surface area contributed by atoms with Crippen LogP contribution in [0.1, 0.15) is 26.7 Å². The van der Waals surface area contributed by atoms with E-state index in [0.717, 1.165) is 11.0 Å². The maximum Gasteiger partial charge on any atom is 0.272 e. The van der Waals surface area contributed by atoms with Crippen LogP contribution in [0.15, 0.2) is 60.9 Å². The molecular weight excluding hydrogens is 346 g/mol. The number of carbonyl (C=O) groups is 2. The number of para-hydroxylation sites is 2. The van der Waals surface area contributed by atoms with Crippen LogP contribution in [-0.2, 0) is 0 Å². The van der Waals surface area contributed by atoms with E-state index in [1.54, 1.807) is 24.3 Å². The van der Waals surface area contributed by atoms with Crippen LogP contribution in [0.4, 0.5) is 0 Å². The van der Waals surface area contributed by atoms with Crippen molar-refractivity contribution in [1.82, 2.24) is 19.9 Å². The molecule has 8 nitrogen and oxygen atoms in total. The van der Waals surface area contributed by atoms with Crippen molar-refractivity contribution in [3.05, 3.63) is 78.0 Å². The summed E-state index contributed by atoms with van der Waals surface area (Å²) in [5, 5.41) is 0. The Balaban J connectivity index is 1.57. The number of aromatic nitrogens is 4. The number of benzene rings is 2. The van der Waals surface area contributed by atoms with Crippen LogP contribution >= 0.6 is 0 Å². The quantitative estimate of drug-likeness (QED) is 0.528. The van der Waals surface area contributed by atoms with E-state index in [9.17, 15) is 9.59 Å². The van der Waals surface area contributed by atoms with Crippen LogP contribution in [-0.4, -0.2) is 31.6 Å². The number of primary amides is 1. The molecule has 0 aliphatic heterocycles. The number of nitrogens with zero attached hydrogens (tertiary/aromatic N) is 3. The summed E-state index contributed by atoms with van der Waals surface area (Å²) < 4.78 is 5.55. The fourth-order valence-corrected chi connectivity index (χ4v) is 2.55. The summed E-state index contributed by atoms with van der Waals surface area (Å²) in [5.74, 6) is -0.333. The number of carbonyl (C=O) groups excluding carboxylic acids is 2. The fourth-order valence-electron chi connectivity index (χ4n) is 2.55. The molecule has 2 aromatic carbocycles. The van der Waals surface area contributed by atoms with Crippen molar-refractivity contribution in [1.29, 1.82) is 0 Å². The van der Waals surface area contributed by atoms with E-state index >= 15 is 0 Å². The highest BCUT2D eigenvalue weighted by atomic mass is 16.5. The number of amides is 1. The molecule has 1 amide bonds. The Kier molecular flexibility index (Phi) is 4.06. The van der Waals surface area contributed by atoms with E-state index in [1.165, 1.54) is 12.4 Å². The average molecular weight is 359 g/mol. The topological polar surface area (TPSA) is 124 Å². The smallest absolute Gasteiger partial charge is 0.272 e. The summed E-state index contributed by atoms with van der Waals surface area (Å²) in [6.07, 6.45) is 2.74. The van der Waals surface area contributed by atoms with Gasteiger partial charge < -0.3 is 15.5 Å². The van der Waals surface area contributed by atoms with Gasteiger partial charge in [0.1, 0.15) is 5.75 Å². The Bertz CT molecular complexity index is 1120. The highest BCUT2D eigenvalue weighted by Crippen LogP contribution is 2.22. The standard InChI is InChI=1S/C19H13N5O3/c20-17(26)15-19(22-10-9-21-15)27-12-7-5-11(6-8-12)16(25)18-23-13-3-1-2-4-14(13)24-18/h1-10H,(H2,20,26)(H,23,24). The SMILES string of the molecule is NC(=O)c1nccnc1Oc1ccc(C(=O)c2nc3ccccc3[nH]2)cc1. The number of nitrogens with one attached hydrogen (secondary N) is 1. The van der Waals surface area contributed by atoms with Crippen molar-refractivity contribution >= 4 is 22.7 Å². The van der Waals surface area contributed by atoms with Gasteiger partial charge in [0.2, 0.25) is 5.78 Å². The van der Waals surface area contributed by atoms with Gasteiger partial charge in [-0.15, -0.1) is 0 Å². The highest BCUT2D eigenvalue weighted by molar-refractivity contribution is 6.08. The average Bonchev–Trinajstić information content (AvgIpc) is 3.12. The molecule has 0 fully saturated rings. The minimum Gasteiger partial charge on any atom is -0.437 e. The van der Waals surface area contributed by atoms with E-state index in [0.29, 0.717) is 11.3 Å². The van der Waals surface area contributed by atoms with Gasteiger partial charge in [0, 0.05) is 18.0 Å². The van der Waals surface area contributed by atoms with Gasteiger partial charge in [-0.25, -0.2) is 15.0 Å². The van der Waals surface area contributed by atoms with Gasteiger partial charge in [-0.1, -0.05) is 12.1 Å². The molecule has 0 aliphatic carbocycles. The van der Waals surface area contributed by atoms with Gasteiger partial charge in [0.25, 0.3) is 11.8 Å². The van der Waals surface area contributed by atoms with Crippen molar-refractivity contribution in [2.45, 2.75) is 0 Å². The van der Waals surface area contributed by atoms with Gasteiger partial charge in [0.05, 0.1) is 11.0 Å². The van der Waals surface area contributed by atoms with Crippen LogP contribution in [0, 0.1) is 0 Å². The summed E-state index contributed by atoms with van der Waals surface area (Å²) in [5.41, 5.74) is 7.14. The number of aromatic amines is 1. The van der Waals surface area contributed by atoms with E-state index in [4.69, 9.17) is 10.5 Å². The second-order valence-electron chi connectivity index (χ2n) is 5.63. The summed E-state index contributed by atoms with van der Waals surface area (Å²) >= 11 is 0. The van der Waals surface area contributed by atoms with Gasteiger partial charge in [-0.3, -0.25) is 9.59 Å². The fraction of sp³-hybridized carbons (Fsp3) is 0. The van der Waals surface area contributed by atoms with Gasteiger partial charge >= 0.3 is 0 Å². The summed E-state index contributed by atoms with van der Waals surface area (Å²) in [7, 11) is 0. The van der Waals surface area contributed by atoms with Crippen molar-refractivity contribution in [3.8, 4) is 11.6 Å². The molecule has 0 bridgehead atoms. The maximum atomic E-state index is 12.6. The molecule has 0 spiro atoms. The van der Waals surface area contributed by atoms with Gasteiger partial charge in [0.15, 0.2) is 11.5 Å². The van der Waals surface area contributed by atoms with Crippen LogP contribution in [0.3, 0.4) is 0 Å². The first kappa shape index (κ1) is 16.4. The lowest BCUT2D eigenvalue weighted by Gasteiger charge is -2.07. The summed E-state index contributed by atoms with van der Waals surface area (Å²) in [6, 6.07) is 13.8. The van der Waals surface area contributed by atoms with Crippen LogP contribution in [0.25, 0.3) is 11.0 Å². The molecule has 0 saturated carbocycles. The number of ketones is 1. The Hall–Kier alpha value is -4.07. The molecule has 3 N–H and O–H groups in total. The number of hydrogen-bond acceptors (Lipinski definition) is 6. The highest BCUT2D eigenvalue weighted by Gasteiger charge is 2.16. The Morgan fingerprint density at radius 2 is 1.70 bits per heavy atom. The molecule has 0 unspecified atom stereocenters. The third-order valence-electron chi connectivity index (χ3n) is 3.83. The predicted octanol–water partition coefficient (Wildman–Crippen LogP) is 2.48. The second kappa shape index (κ2) is 6.68. The van der Waals surface area contributed by atoms with E-state index in [-0.39, 0.29) is 23.2 Å². The van der Waals surface area contributed by atoms with Crippen molar-refractivity contribution in [2.75, 3.05) is 0 Å². The first-order valence-electron chi connectivity index (χ1n) is 8.00. The molecule has 0 aliphatic rings. The zero-order valence-electron chi connectivity index (χ0n) is 13.9. The zero-order valence-corrected chi connectivity index (χ0v) is 13.9. The van der Waals surface area contributed by atoms with Crippen molar-refractivity contribution < 1.29 is 14.3 Å². The Morgan fingerprint density at radius 1 is 0.963 bits per heavy atom. The number of H-pyrrole nitrogens is 1. The maximum absolute atomic E-state index is 12.6. The molecule has 2 aromatic heterocycles. The van der Waals surface area contributed by atoms with Gasteiger partial charge in [-0.2, -0.15) is 0 Å². The zero-order chi connectivity index (χ0) is 18.8. The second-order valence-corrected chi connectivity index (χ2v) is 5.63. The van der Waals surface area contributed by atoms with Gasteiger partial charge in [-0.05, 0) is 36.4 Å². The molecule has 4 aromatic rings. The molecule has 132 valence electrons. The Morgan fingerprint density at radius 3 is 2.44 bits per heavy atom. The molecular formula is C19H13N5O3. The predicted molar refractivity (Wildman–Crippen MR) is 96.6 cm³/mol. The molecule has 2 heterocycles. The van der Waals surface area contributed by atoms with E-state index < -0.39 is 5.91 Å². The van der Waals surface area contributed by atoms with E-state index in [1.807, 2.05) is 24.3 Å². The lowest BCUT2D eigenvalue weighted by atomic mass is 10.1. The molecule has 27 heavy (non-hydrogen) atoms. The summed E-state index contributed by atoms with van der Waals surface area (Å²) in [4.78, 5) is 39.1. The molecule has 8 heteroatoms. The lowest BCUT2D eigenvalue weighted by molar-refractivity contribution is 0.0991. The monoisotopic (exact) mass is 359 g/mol. The number of fused-ring (bicyclic) bond motifs is 1. The normalized spacial score (nSPS) is 10.7. The largest absolute Gasteiger partial charge is 0.437 e. The van der Waals surface area contributed by atoms with Crippen LogP contribution in [0.2, 0.25) is 0 Å². The molecule has 4 rings (SSSR count). The third kappa shape index (κ3) is 3.23. The van der Waals surface area contributed by atoms with Crippen LogP contribution in [0.5, 0.6) is 11.6 Å². The number of ether oxygens (including phenoxy) is 1. The van der Waals surface area contributed by atoms with E-state index in [2.05, 4.69) is 19.9 Å². The number of imidazole rings is 1. The number of hydrogen-bond donors (Lipinski definition) is 2. The minimum atomic E-state index is -0.741. The van der Waals surface area contributed by atoms with Crippen molar-refractivity contribution in [3.63, 3.8) is 0 Å². The molecule has 0 atom stereocenters. The molecule has 0 radical (unpaired) electrons. The third-order valence-corrected chi connectivity index (χ3v) is 3.83. The first-order chi connectivity index (χ1) is 13.1.